The lowest BCUT2D eigenvalue weighted by Crippen LogP contribution is -2.49. The summed E-state index contributed by atoms with van der Waals surface area (Å²) in [6.45, 7) is 5.47. The number of aliphatic hydroxyl groups excluding tert-OH is 1. The number of H-pyrrole nitrogens is 1. The second-order valence-corrected chi connectivity index (χ2v) is 6.63. The predicted molar refractivity (Wildman–Crippen MR) is 80.1 cm³/mol. The molecule has 1 aromatic rings. The second kappa shape index (κ2) is 5.44. The van der Waals surface area contributed by atoms with Crippen molar-refractivity contribution in [2.24, 2.45) is 5.41 Å². The van der Waals surface area contributed by atoms with Crippen LogP contribution in [0.5, 0.6) is 0 Å². The molecule has 0 radical (unpaired) electrons. The molecule has 1 saturated carbocycles. The number of aromatic amines is 1. The molecule has 1 aliphatic carbocycles. The number of hydrogen-bond acceptors (Lipinski definition) is 3. The maximum absolute atomic E-state index is 12.8. The Hall–Kier alpha value is -1.36. The van der Waals surface area contributed by atoms with E-state index in [1.807, 2.05) is 11.8 Å². The van der Waals surface area contributed by atoms with E-state index in [2.05, 4.69) is 17.1 Å². The van der Waals surface area contributed by atoms with Crippen LogP contribution in [0.1, 0.15) is 60.8 Å². The molecule has 2 heterocycles. The fraction of sp³-hybridized carbons (Fsp3) is 0.750. The molecule has 5 heteroatoms. The van der Waals surface area contributed by atoms with E-state index in [0.29, 0.717) is 12.2 Å². The average Bonchev–Trinajstić information content (AvgIpc) is 3.02. The fourth-order valence-electron chi connectivity index (χ4n) is 4.07. The summed E-state index contributed by atoms with van der Waals surface area (Å²) in [4.78, 5) is 14.7. The summed E-state index contributed by atoms with van der Waals surface area (Å²) in [5.41, 5.74) is 2.49. The van der Waals surface area contributed by atoms with Crippen LogP contribution in [0.25, 0.3) is 0 Å². The lowest BCUT2D eigenvalue weighted by atomic mass is 9.76. The Morgan fingerprint density at radius 3 is 2.86 bits per heavy atom. The van der Waals surface area contributed by atoms with Gasteiger partial charge in [0.1, 0.15) is 0 Å². The van der Waals surface area contributed by atoms with Crippen molar-refractivity contribution in [1.29, 1.82) is 0 Å². The van der Waals surface area contributed by atoms with E-state index in [1.54, 1.807) is 0 Å². The minimum absolute atomic E-state index is 0.0154. The number of likely N-dealkylation sites (tertiary alicyclic amines) is 1. The maximum atomic E-state index is 12.8. The minimum atomic E-state index is -0.250. The van der Waals surface area contributed by atoms with Gasteiger partial charge in [-0.05, 0) is 39.0 Å². The van der Waals surface area contributed by atoms with E-state index >= 15 is 0 Å². The van der Waals surface area contributed by atoms with Gasteiger partial charge in [-0.25, -0.2) is 0 Å². The zero-order valence-electron chi connectivity index (χ0n) is 13.0. The van der Waals surface area contributed by atoms with Crippen LogP contribution in [-0.2, 0) is 6.42 Å². The van der Waals surface area contributed by atoms with E-state index in [-0.39, 0.29) is 17.4 Å². The topological polar surface area (TPSA) is 69.2 Å². The smallest absolute Gasteiger partial charge is 0.274 e. The molecule has 1 amide bonds. The third-order valence-electron chi connectivity index (χ3n) is 5.42. The summed E-state index contributed by atoms with van der Waals surface area (Å²) in [6, 6.07) is 0. The van der Waals surface area contributed by atoms with Gasteiger partial charge in [-0.1, -0.05) is 13.3 Å². The standard InChI is InChI=1S/C16H25N3O2/c1-3-12-11(2)14(18-17-12)15(21)19-9-5-8-16(10-19)7-4-6-13(16)20/h13,20H,3-10H2,1-2H3,(H,17,18)/t13-,16+/m1/s1. The normalized spacial score (nSPS) is 29.3. The van der Waals surface area contributed by atoms with E-state index in [4.69, 9.17) is 0 Å². The SMILES string of the molecule is CCc1[nH]nc(C(=O)N2CCC[C@@]3(CCC[C@H]3O)C2)c1C. The highest BCUT2D eigenvalue weighted by atomic mass is 16.3. The van der Waals surface area contributed by atoms with E-state index in [9.17, 15) is 9.90 Å². The Kier molecular flexibility index (Phi) is 3.78. The van der Waals surface area contributed by atoms with E-state index in [0.717, 1.165) is 56.3 Å². The minimum Gasteiger partial charge on any atom is -0.392 e. The number of piperidine rings is 1. The molecule has 2 N–H and O–H groups in total. The van der Waals surface area contributed by atoms with Crippen LogP contribution in [0.4, 0.5) is 0 Å². The summed E-state index contributed by atoms with van der Waals surface area (Å²) < 4.78 is 0. The molecular formula is C16H25N3O2. The van der Waals surface area contributed by atoms with E-state index < -0.39 is 0 Å². The molecule has 1 saturated heterocycles. The van der Waals surface area contributed by atoms with Gasteiger partial charge in [-0.15, -0.1) is 0 Å². The third kappa shape index (κ3) is 2.37. The highest BCUT2D eigenvalue weighted by Crippen LogP contribution is 2.45. The van der Waals surface area contributed by atoms with Gasteiger partial charge in [0.2, 0.25) is 0 Å². The number of rotatable bonds is 2. The molecule has 2 atom stereocenters. The number of hydrogen-bond donors (Lipinski definition) is 2. The quantitative estimate of drug-likeness (QED) is 0.876. The Morgan fingerprint density at radius 2 is 2.24 bits per heavy atom. The van der Waals surface area contributed by atoms with Crippen LogP contribution in [0, 0.1) is 12.3 Å². The molecule has 2 fully saturated rings. The van der Waals surface area contributed by atoms with Crippen molar-refractivity contribution in [3.63, 3.8) is 0 Å². The molecule has 2 aliphatic rings. The lowest BCUT2D eigenvalue weighted by molar-refractivity contribution is -0.00557. The zero-order valence-corrected chi connectivity index (χ0v) is 13.0. The molecule has 116 valence electrons. The molecule has 0 unspecified atom stereocenters. The van der Waals surface area contributed by atoms with Crippen LogP contribution in [0.15, 0.2) is 0 Å². The van der Waals surface area contributed by atoms with Gasteiger partial charge >= 0.3 is 0 Å². The lowest BCUT2D eigenvalue weighted by Gasteiger charge is -2.42. The number of carbonyl (C=O) groups excluding carboxylic acids is 1. The van der Waals surface area contributed by atoms with E-state index in [1.165, 1.54) is 0 Å². The fourth-order valence-corrected chi connectivity index (χ4v) is 4.07. The Morgan fingerprint density at radius 1 is 1.48 bits per heavy atom. The van der Waals surface area contributed by atoms with Gasteiger partial charge in [0.25, 0.3) is 5.91 Å². The molecule has 21 heavy (non-hydrogen) atoms. The Labute approximate surface area is 125 Å². The first-order valence-electron chi connectivity index (χ1n) is 8.08. The molecule has 1 spiro atoms. The van der Waals surface area contributed by atoms with Crippen LogP contribution >= 0.6 is 0 Å². The molecule has 0 aromatic carbocycles. The number of amides is 1. The van der Waals surface area contributed by atoms with Crippen LogP contribution in [0.2, 0.25) is 0 Å². The van der Waals surface area contributed by atoms with Crippen molar-refractivity contribution in [3.8, 4) is 0 Å². The van der Waals surface area contributed by atoms with Gasteiger partial charge in [0.05, 0.1) is 6.10 Å². The largest absolute Gasteiger partial charge is 0.392 e. The molecule has 1 aliphatic heterocycles. The first-order valence-corrected chi connectivity index (χ1v) is 8.08. The maximum Gasteiger partial charge on any atom is 0.274 e. The predicted octanol–water partition coefficient (Wildman–Crippen LogP) is 2.05. The summed E-state index contributed by atoms with van der Waals surface area (Å²) >= 11 is 0. The van der Waals surface area contributed by atoms with Crippen LogP contribution < -0.4 is 0 Å². The van der Waals surface area contributed by atoms with Crippen molar-refractivity contribution in [2.45, 2.75) is 58.5 Å². The van der Waals surface area contributed by atoms with Gasteiger partial charge in [-0.2, -0.15) is 5.10 Å². The van der Waals surface area contributed by atoms with Crippen LogP contribution in [-0.4, -0.2) is 45.3 Å². The van der Waals surface area contributed by atoms with Crippen LogP contribution in [0.3, 0.4) is 0 Å². The van der Waals surface area contributed by atoms with Crippen molar-refractivity contribution in [2.75, 3.05) is 13.1 Å². The van der Waals surface area contributed by atoms with Gasteiger partial charge < -0.3 is 10.0 Å². The third-order valence-corrected chi connectivity index (χ3v) is 5.42. The number of carbonyl (C=O) groups is 1. The van der Waals surface area contributed by atoms with Gasteiger partial charge in [0.15, 0.2) is 5.69 Å². The summed E-state index contributed by atoms with van der Waals surface area (Å²) in [7, 11) is 0. The molecular weight excluding hydrogens is 266 g/mol. The molecule has 3 rings (SSSR count). The summed E-state index contributed by atoms with van der Waals surface area (Å²) in [5.74, 6) is 0.0154. The van der Waals surface area contributed by atoms with Gasteiger partial charge in [0, 0.05) is 29.8 Å². The van der Waals surface area contributed by atoms with Crippen molar-refractivity contribution >= 4 is 5.91 Å². The van der Waals surface area contributed by atoms with Crippen molar-refractivity contribution < 1.29 is 9.90 Å². The van der Waals surface area contributed by atoms with Gasteiger partial charge in [-0.3, -0.25) is 9.89 Å². The first-order chi connectivity index (χ1) is 10.1. The highest BCUT2D eigenvalue weighted by molar-refractivity contribution is 5.94. The second-order valence-electron chi connectivity index (χ2n) is 6.63. The first kappa shape index (κ1) is 14.6. The molecule has 5 nitrogen and oxygen atoms in total. The number of nitrogens with zero attached hydrogens (tertiary/aromatic N) is 2. The van der Waals surface area contributed by atoms with Crippen molar-refractivity contribution in [3.05, 3.63) is 17.0 Å². The Balaban J connectivity index is 1.80. The number of aliphatic hydroxyl groups is 1. The average molecular weight is 291 g/mol. The molecule has 1 aromatic heterocycles. The monoisotopic (exact) mass is 291 g/mol. The number of aryl methyl sites for hydroxylation is 1. The molecule has 0 bridgehead atoms. The summed E-state index contributed by atoms with van der Waals surface area (Å²) in [6.07, 6.45) is 5.62. The summed E-state index contributed by atoms with van der Waals surface area (Å²) in [5, 5.41) is 17.5. The number of aromatic nitrogens is 2. The Bertz CT molecular complexity index is 540. The zero-order chi connectivity index (χ0) is 15.0. The van der Waals surface area contributed by atoms with Crippen molar-refractivity contribution in [1.82, 2.24) is 15.1 Å². The number of nitrogens with one attached hydrogen (secondary N) is 1. The highest BCUT2D eigenvalue weighted by Gasteiger charge is 2.46.